The lowest BCUT2D eigenvalue weighted by Gasteiger charge is -2.15. The number of imide groups is 1. The lowest BCUT2D eigenvalue weighted by Crippen LogP contribution is -2.34. The molecule has 90 valence electrons. The molecule has 0 spiro atoms. The number of urea groups is 1. The van der Waals surface area contributed by atoms with Crippen LogP contribution in [0.15, 0.2) is 24.4 Å². The summed E-state index contributed by atoms with van der Waals surface area (Å²) in [6.45, 7) is 0.724. The van der Waals surface area contributed by atoms with Crippen LogP contribution in [0.5, 0.6) is 0 Å². The van der Waals surface area contributed by atoms with Crippen LogP contribution >= 0.6 is 15.9 Å². The number of carbonyl (C=O) groups is 2. The summed E-state index contributed by atoms with van der Waals surface area (Å²) in [7, 11) is 0. The van der Waals surface area contributed by atoms with Crippen LogP contribution < -0.4 is 4.90 Å². The van der Waals surface area contributed by atoms with Crippen LogP contribution in [-0.2, 0) is 4.79 Å². The van der Waals surface area contributed by atoms with Crippen molar-refractivity contribution in [3.63, 3.8) is 0 Å². The van der Waals surface area contributed by atoms with Gasteiger partial charge < -0.3 is 4.90 Å². The Labute approximate surface area is 108 Å². The molecule has 1 aliphatic heterocycles. The van der Waals surface area contributed by atoms with Gasteiger partial charge >= 0.3 is 6.03 Å². The van der Waals surface area contributed by atoms with Gasteiger partial charge in [-0.1, -0.05) is 22.0 Å². The van der Waals surface area contributed by atoms with Crippen LogP contribution in [0.1, 0.15) is 6.42 Å². The van der Waals surface area contributed by atoms with Crippen LogP contribution in [0.2, 0.25) is 0 Å². The molecule has 1 aromatic heterocycles. The Hall–Kier alpha value is -1.43. The highest BCUT2D eigenvalue weighted by Crippen LogP contribution is 2.18. The van der Waals surface area contributed by atoms with Crippen molar-refractivity contribution >= 4 is 33.7 Å². The molecular weight excluding hydrogens is 286 g/mol. The normalized spacial score (nSPS) is 15.8. The maximum atomic E-state index is 12.0. The van der Waals surface area contributed by atoms with Gasteiger partial charge in [-0.05, 0) is 18.6 Å². The van der Waals surface area contributed by atoms with Crippen LogP contribution in [-0.4, -0.2) is 40.2 Å². The number of amides is 3. The molecule has 2 rings (SSSR count). The fourth-order valence-corrected chi connectivity index (χ4v) is 1.94. The van der Waals surface area contributed by atoms with Gasteiger partial charge in [-0.25, -0.2) is 14.7 Å². The molecule has 0 aliphatic carbocycles. The summed E-state index contributed by atoms with van der Waals surface area (Å²) in [5.74, 6) is 0.173. The number of halogens is 1. The number of hydrogen-bond donors (Lipinski definition) is 0. The number of carbonyl (C=O) groups excluding carboxylic acids is 2. The molecule has 0 saturated carbocycles. The average Bonchev–Trinajstić information content (AvgIpc) is 2.63. The van der Waals surface area contributed by atoms with Gasteiger partial charge in [-0.2, -0.15) is 0 Å². The number of pyridine rings is 1. The molecule has 17 heavy (non-hydrogen) atoms. The number of alkyl halides is 1. The fraction of sp³-hybridized carbons (Fsp3) is 0.364. The van der Waals surface area contributed by atoms with Gasteiger partial charge in [0.15, 0.2) is 0 Å². The zero-order valence-electron chi connectivity index (χ0n) is 9.17. The Morgan fingerprint density at radius 2 is 2.18 bits per heavy atom. The minimum atomic E-state index is -0.283. The van der Waals surface area contributed by atoms with E-state index in [0.717, 1.165) is 16.7 Å². The molecule has 0 aromatic carbocycles. The van der Waals surface area contributed by atoms with Gasteiger partial charge in [0.2, 0.25) is 0 Å². The number of hydrogen-bond acceptors (Lipinski definition) is 3. The van der Waals surface area contributed by atoms with Crippen molar-refractivity contribution in [2.75, 3.05) is 23.3 Å². The monoisotopic (exact) mass is 297 g/mol. The molecule has 6 heteroatoms. The average molecular weight is 298 g/mol. The highest BCUT2D eigenvalue weighted by Gasteiger charge is 2.37. The molecule has 1 aliphatic rings. The summed E-state index contributed by atoms with van der Waals surface area (Å²) in [6, 6.07) is 4.87. The Balaban J connectivity index is 2.15. The second kappa shape index (κ2) is 5.27. The third-order valence-electron chi connectivity index (χ3n) is 2.48. The van der Waals surface area contributed by atoms with Crippen molar-refractivity contribution in [1.29, 1.82) is 0 Å². The van der Waals surface area contributed by atoms with Crippen molar-refractivity contribution in [1.82, 2.24) is 9.88 Å². The van der Waals surface area contributed by atoms with E-state index >= 15 is 0 Å². The van der Waals surface area contributed by atoms with Crippen molar-refractivity contribution in [3.05, 3.63) is 24.4 Å². The SMILES string of the molecule is O=C1CN(CCCBr)C(=O)N1c1ccccn1. The van der Waals surface area contributed by atoms with Crippen LogP contribution in [0.3, 0.4) is 0 Å². The predicted molar refractivity (Wildman–Crippen MR) is 67.1 cm³/mol. The van der Waals surface area contributed by atoms with Crippen LogP contribution in [0.4, 0.5) is 10.6 Å². The Morgan fingerprint density at radius 1 is 1.35 bits per heavy atom. The minimum absolute atomic E-state index is 0.141. The van der Waals surface area contributed by atoms with Crippen LogP contribution in [0.25, 0.3) is 0 Å². The molecular formula is C11H12BrN3O2. The number of rotatable bonds is 4. The van der Waals surface area contributed by atoms with E-state index in [-0.39, 0.29) is 18.5 Å². The summed E-state index contributed by atoms with van der Waals surface area (Å²) in [5.41, 5.74) is 0. The quantitative estimate of drug-likeness (QED) is 0.627. The van der Waals surface area contributed by atoms with E-state index in [2.05, 4.69) is 20.9 Å². The van der Waals surface area contributed by atoms with E-state index in [0.29, 0.717) is 12.4 Å². The smallest absolute Gasteiger partial charge is 0.315 e. The van der Waals surface area contributed by atoms with E-state index in [1.54, 1.807) is 24.4 Å². The number of nitrogens with zero attached hydrogens (tertiary/aromatic N) is 3. The van der Waals surface area contributed by atoms with E-state index < -0.39 is 0 Å². The summed E-state index contributed by atoms with van der Waals surface area (Å²) < 4.78 is 0. The van der Waals surface area contributed by atoms with Gasteiger partial charge in [-0.3, -0.25) is 4.79 Å². The topological polar surface area (TPSA) is 53.5 Å². The zero-order chi connectivity index (χ0) is 12.3. The maximum absolute atomic E-state index is 12.0. The van der Waals surface area contributed by atoms with Crippen molar-refractivity contribution in [2.45, 2.75) is 6.42 Å². The number of anilines is 1. The second-order valence-corrected chi connectivity index (χ2v) is 4.46. The molecule has 0 bridgehead atoms. The molecule has 0 radical (unpaired) electrons. The lowest BCUT2D eigenvalue weighted by atomic mass is 10.4. The van der Waals surface area contributed by atoms with Crippen molar-refractivity contribution < 1.29 is 9.59 Å². The summed E-state index contributed by atoms with van der Waals surface area (Å²) >= 11 is 3.30. The predicted octanol–water partition coefficient (Wildman–Crippen LogP) is 1.64. The number of aromatic nitrogens is 1. The first-order chi connectivity index (χ1) is 8.24. The zero-order valence-corrected chi connectivity index (χ0v) is 10.8. The summed E-state index contributed by atoms with van der Waals surface area (Å²) in [5, 5.41) is 0.814. The molecule has 3 amide bonds. The van der Waals surface area contributed by atoms with E-state index in [1.807, 2.05) is 0 Å². The highest BCUT2D eigenvalue weighted by atomic mass is 79.9. The summed E-state index contributed by atoms with van der Waals surface area (Å²) in [6.07, 6.45) is 2.39. The van der Waals surface area contributed by atoms with Gasteiger partial charge in [-0.15, -0.1) is 0 Å². The minimum Gasteiger partial charge on any atom is -0.315 e. The molecule has 0 atom stereocenters. The molecule has 2 heterocycles. The molecule has 0 unspecified atom stereocenters. The van der Waals surface area contributed by atoms with Gasteiger partial charge in [0.1, 0.15) is 12.4 Å². The first kappa shape index (κ1) is 12.0. The fourth-order valence-electron chi connectivity index (χ4n) is 1.69. The molecule has 1 fully saturated rings. The molecule has 1 saturated heterocycles. The largest absolute Gasteiger partial charge is 0.333 e. The first-order valence-corrected chi connectivity index (χ1v) is 6.45. The van der Waals surface area contributed by atoms with Crippen molar-refractivity contribution in [3.8, 4) is 0 Å². The van der Waals surface area contributed by atoms with Crippen molar-refractivity contribution in [2.24, 2.45) is 0 Å². The molecule has 0 N–H and O–H groups in total. The maximum Gasteiger partial charge on any atom is 0.333 e. The van der Waals surface area contributed by atoms with Gasteiger partial charge in [0, 0.05) is 18.1 Å². The Kier molecular flexibility index (Phi) is 3.73. The highest BCUT2D eigenvalue weighted by molar-refractivity contribution is 9.09. The summed E-state index contributed by atoms with van der Waals surface area (Å²) in [4.78, 5) is 30.5. The Morgan fingerprint density at radius 3 is 2.82 bits per heavy atom. The van der Waals surface area contributed by atoms with Gasteiger partial charge in [0.25, 0.3) is 5.91 Å². The third-order valence-corrected chi connectivity index (χ3v) is 3.04. The van der Waals surface area contributed by atoms with E-state index in [1.165, 1.54) is 4.90 Å². The third kappa shape index (κ3) is 2.46. The second-order valence-electron chi connectivity index (χ2n) is 3.66. The van der Waals surface area contributed by atoms with Crippen LogP contribution in [0, 0.1) is 0 Å². The van der Waals surface area contributed by atoms with Gasteiger partial charge in [0.05, 0.1) is 0 Å². The molecule has 5 nitrogen and oxygen atoms in total. The lowest BCUT2D eigenvalue weighted by molar-refractivity contribution is -0.116. The molecule has 1 aromatic rings. The van der Waals surface area contributed by atoms with E-state index in [9.17, 15) is 9.59 Å². The standard InChI is InChI=1S/C11H12BrN3O2/c12-5-3-7-14-8-10(16)15(11(14)17)9-4-1-2-6-13-9/h1-2,4,6H,3,5,7-8H2. The Bertz CT molecular complexity index is 424. The first-order valence-electron chi connectivity index (χ1n) is 5.33. The van der Waals surface area contributed by atoms with E-state index in [4.69, 9.17) is 0 Å².